The molecule has 0 amide bonds. The van der Waals surface area contributed by atoms with Crippen LogP contribution in [0.5, 0.6) is 5.75 Å². The third-order valence-corrected chi connectivity index (χ3v) is 7.39. The van der Waals surface area contributed by atoms with Crippen molar-refractivity contribution >= 4 is 16.7 Å². The van der Waals surface area contributed by atoms with Crippen molar-refractivity contribution in [1.29, 1.82) is 0 Å². The lowest BCUT2D eigenvalue weighted by Gasteiger charge is -2.30. The molecule has 4 aromatic rings. The van der Waals surface area contributed by atoms with Crippen LogP contribution >= 0.6 is 0 Å². The summed E-state index contributed by atoms with van der Waals surface area (Å²) in [6, 6.07) is 7.03. The predicted octanol–water partition coefficient (Wildman–Crippen LogP) is 3.84. The van der Waals surface area contributed by atoms with Crippen LogP contribution in [0.25, 0.3) is 27.8 Å². The summed E-state index contributed by atoms with van der Waals surface area (Å²) in [5, 5.41) is 8.01. The van der Waals surface area contributed by atoms with Gasteiger partial charge in [-0.25, -0.2) is 14.3 Å². The SMILES string of the molecule is COc1cc(-c2cc3[nH]c(=O)n(C4CCC(NCC5CC5)CC4)c3cc2C)cn2ncnc12. The van der Waals surface area contributed by atoms with E-state index in [0.717, 1.165) is 65.9 Å². The summed E-state index contributed by atoms with van der Waals surface area (Å²) in [5.41, 5.74) is 5.65. The standard InChI is InChI=1S/C25H30N6O2/c1-15-9-22-21(11-20(15)17-10-23(33-2)24-27-14-28-30(24)13-17)29-25(32)31(22)19-7-5-18(6-8-19)26-12-16-3-4-16/h9-11,13-14,16,18-19,26H,3-8,12H2,1-2H3,(H,29,32). The molecule has 0 radical (unpaired) electrons. The number of rotatable bonds is 6. The first-order valence-corrected chi connectivity index (χ1v) is 12.0. The fourth-order valence-corrected chi connectivity index (χ4v) is 5.34. The number of hydrogen-bond acceptors (Lipinski definition) is 5. The first-order valence-electron chi connectivity index (χ1n) is 12.0. The summed E-state index contributed by atoms with van der Waals surface area (Å²) >= 11 is 0. The number of aromatic amines is 1. The maximum absolute atomic E-state index is 13.0. The molecule has 0 spiro atoms. The molecule has 2 N–H and O–H groups in total. The van der Waals surface area contributed by atoms with Crippen LogP contribution in [-0.2, 0) is 0 Å². The molecule has 2 fully saturated rings. The highest BCUT2D eigenvalue weighted by Gasteiger charge is 2.27. The maximum atomic E-state index is 13.0. The van der Waals surface area contributed by atoms with Crippen LogP contribution in [0.4, 0.5) is 0 Å². The van der Waals surface area contributed by atoms with Crippen molar-refractivity contribution < 1.29 is 4.74 Å². The number of imidazole rings is 1. The van der Waals surface area contributed by atoms with Crippen LogP contribution in [0.1, 0.15) is 50.1 Å². The number of H-pyrrole nitrogens is 1. The van der Waals surface area contributed by atoms with E-state index >= 15 is 0 Å². The number of nitrogens with zero attached hydrogens (tertiary/aromatic N) is 4. The fraction of sp³-hybridized carbons (Fsp3) is 0.480. The Labute approximate surface area is 192 Å². The Bertz CT molecular complexity index is 1370. The summed E-state index contributed by atoms with van der Waals surface area (Å²) in [4.78, 5) is 20.4. The van der Waals surface area contributed by atoms with Gasteiger partial charge in [-0.1, -0.05) is 0 Å². The van der Waals surface area contributed by atoms with Gasteiger partial charge in [0.15, 0.2) is 11.4 Å². The Hall–Kier alpha value is -3.13. The molecule has 6 rings (SSSR count). The minimum atomic E-state index is -0.0137. The smallest absolute Gasteiger partial charge is 0.326 e. The number of methoxy groups -OCH3 is 1. The normalized spacial score (nSPS) is 21.2. The molecule has 0 aliphatic heterocycles. The van der Waals surface area contributed by atoms with Crippen LogP contribution in [0, 0.1) is 12.8 Å². The average molecular weight is 447 g/mol. The summed E-state index contributed by atoms with van der Waals surface area (Å²) in [6.45, 7) is 3.25. The predicted molar refractivity (Wildman–Crippen MR) is 128 cm³/mol. The number of fused-ring (bicyclic) bond motifs is 2. The zero-order chi connectivity index (χ0) is 22.5. The monoisotopic (exact) mass is 446 g/mol. The summed E-state index contributed by atoms with van der Waals surface area (Å²) in [6.07, 6.45) is 10.6. The fourth-order valence-electron chi connectivity index (χ4n) is 5.34. The summed E-state index contributed by atoms with van der Waals surface area (Å²) in [7, 11) is 1.64. The molecule has 2 aliphatic carbocycles. The van der Waals surface area contributed by atoms with Gasteiger partial charge in [0.2, 0.25) is 0 Å². The molecule has 1 aromatic carbocycles. The molecule has 3 aromatic heterocycles. The van der Waals surface area contributed by atoms with Gasteiger partial charge >= 0.3 is 5.69 Å². The lowest BCUT2D eigenvalue weighted by Crippen LogP contribution is -2.36. The number of hydrogen-bond donors (Lipinski definition) is 2. The molecule has 3 heterocycles. The van der Waals surface area contributed by atoms with Gasteiger partial charge in [-0.05, 0) is 87.2 Å². The number of aryl methyl sites for hydroxylation is 1. The second kappa shape index (κ2) is 8.02. The van der Waals surface area contributed by atoms with E-state index in [2.05, 4.69) is 39.4 Å². The molecule has 0 saturated heterocycles. The van der Waals surface area contributed by atoms with Crippen molar-refractivity contribution in [2.24, 2.45) is 5.92 Å². The van der Waals surface area contributed by atoms with Crippen molar-refractivity contribution in [3.8, 4) is 16.9 Å². The van der Waals surface area contributed by atoms with Crippen LogP contribution in [0.15, 0.2) is 35.5 Å². The van der Waals surface area contributed by atoms with Crippen molar-refractivity contribution in [3.63, 3.8) is 0 Å². The highest BCUT2D eigenvalue weighted by atomic mass is 16.5. The Balaban J connectivity index is 1.31. The van der Waals surface area contributed by atoms with Crippen molar-refractivity contribution in [3.05, 3.63) is 46.8 Å². The molecule has 33 heavy (non-hydrogen) atoms. The van der Waals surface area contributed by atoms with Gasteiger partial charge in [-0.15, -0.1) is 0 Å². The molecule has 2 aliphatic rings. The minimum Gasteiger partial charge on any atom is -0.493 e. The molecule has 0 bridgehead atoms. The molecule has 8 nitrogen and oxygen atoms in total. The van der Waals surface area contributed by atoms with Gasteiger partial charge in [0.1, 0.15) is 6.33 Å². The lowest BCUT2D eigenvalue weighted by atomic mass is 9.90. The van der Waals surface area contributed by atoms with Crippen molar-refractivity contribution in [1.82, 2.24) is 29.5 Å². The Kier molecular flexibility index (Phi) is 4.98. The number of pyridine rings is 1. The Morgan fingerprint density at radius 2 is 1.97 bits per heavy atom. The zero-order valence-corrected chi connectivity index (χ0v) is 19.2. The van der Waals surface area contributed by atoms with E-state index in [1.807, 2.05) is 16.8 Å². The van der Waals surface area contributed by atoms with Crippen molar-refractivity contribution in [2.45, 2.75) is 57.5 Å². The Morgan fingerprint density at radius 3 is 2.73 bits per heavy atom. The van der Waals surface area contributed by atoms with Crippen molar-refractivity contribution in [2.75, 3.05) is 13.7 Å². The van der Waals surface area contributed by atoms with Gasteiger partial charge in [-0.3, -0.25) is 4.57 Å². The molecule has 8 heteroatoms. The number of benzene rings is 1. The van der Waals surface area contributed by atoms with Crippen LogP contribution in [0.3, 0.4) is 0 Å². The van der Waals surface area contributed by atoms with Gasteiger partial charge < -0.3 is 15.0 Å². The van der Waals surface area contributed by atoms with E-state index < -0.39 is 0 Å². The maximum Gasteiger partial charge on any atom is 0.326 e. The largest absolute Gasteiger partial charge is 0.493 e. The van der Waals surface area contributed by atoms with Crippen LogP contribution < -0.4 is 15.7 Å². The Morgan fingerprint density at radius 1 is 1.15 bits per heavy atom. The lowest BCUT2D eigenvalue weighted by molar-refractivity contribution is 0.289. The highest BCUT2D eigenvalue weighted by Crippen LogP contribution is 2.35. The molecule has 2 saturated carbocycles. The highest BCUT2D eigenvalue weighted by molar-refractivity contribution is 5.85. The zero-order valence-electron chi connectivity index (χ0n) is 19.2. The number of aromatic nitrogens is 5. The van der Waals surface area contributed by atoms with Gasteiger partial charge in [-0.2, -0.15) is 5.10 Å². The topological polar surface area (TPSA) is 89.2 Å². The third-order valence-electron chi connectivity index (χ3n) is 7.39. The van der Waals surface area contributed by atoms with E-state index in [4.69, 9.17) is 4.74 Å². The van der Waals surface area contributed by atoms with Gasteiger partial charge in [0.05, 0.1) is 18.1 Å². The summed E-state index contributed by atoms with van der Waals surface area (Å²) < 4.78 is 9.24. The molecule has 172 valence electrons. The first kappa shape index (κ1) is 20.5. The second-order valence-corrected chi connectivity index (χ2v) is 9.67. The first-order chi connectivity index (χ1) is 16.1. The molecule has 0 unspecified atom stereocenters. The third kappa shape index (κ3) is 3.72. The van der Waals surface area contributed by atoms with E-state index in [1.54, 1.807) is 11.6 Å². The van der Waals surface area contributed by atoms with Crippen LogP contribution in [-0.4, -0.2) is 43.8 Å². The van der Waals surface area contributed by atoms with Gasteiger partial charge in [0, 0.05) is 23.8 Å². The van der Waals surface area contributed by atoms with Gasteiger partial charge in [0.25, 0.3) is 0 Å². The minimum absolute atomic E-state index is 0.0137. The van der Waals surface area contributed by atoms with E-state index in [1.165, 1.54) is 19.2 Å². The molecular formula is C25H30N6O2. The quantitative estimate of drug-likeness (QED) is 0.470. The van der Waals surface area contributed by atoms with E-state index in [9.17, 15) is 4.79 Å². The molecule has 0 atom stereocenters. The molecular weight excluding hydrogens is 416 g/mol. The van der Waals surface area contributed by atoms with Crippen LogP contribution in [0.2, 0.25) is 0 Å². The number of ether oxygens (including phenoxy) is 1. The van der Waals surface area contributed by atoms with E-state index in [-0.39, 0.29) is 11.7 Å². The summed E-state index contributed by atoms with van der Waals surface area (Å²) in [5.74, 6) is 1.57. The number of nitrogens with one attached hydrogen (secondary N) is 2. The average Bonchev–Trinajstić information content (AvgIpc) is 3.43. The second-order valence-electron chi connectivity index (χ2n) is 9.67. The van der Waals surface area contributed by atoms with E-state index in [0.29, 0.717) is 17.4 Å².